The Morgan fingerprint density at radius 1 is 1.26 bits per heavy atom. The molecule has 2 rings (SSSR count). The molecule has 2 N–H and O–H groups in total. The summed E-state index contributed by atoms with van der Waals surface area (Å²) in [7, 11) is 0. The summed E-state index contributed by atoms with van der Waals surface area (Å²) < 4.78 is 5.23. The van der Waals surface area contributed by atoms with Gasteiger partial charge < -0.3 is 25.2 Å². The number of anilines is 1. The molecule has 0 saturated carbocycles. The topological polar surface area (TPSA) is 69.2 Å². The standard InChI is InChI=1S/C18H31N5O2S.HI/c1-5-19-16(20-8-9-21-17(24)25-18(2,3)4)23-12-10-22(11-13-23)15-7-6-14-26-15;/h6-7,14H,5,8-13H2,1-4H3,(H,19,20)(H,21,24);1H. The molecule has 1 amide bonds. The Labute approximate surface area is 183 Å². The molecule has 0 bridgehead atoms. The zero-order valence-electron chi connectivity index (χ0n) is 16.7. The molecule has 7 nitrogen and oxygen atoms in total. The van der Waals surface area contributed by atoms with Crippen LogP contribution in [0.5, 0.6) is 0 Å². The molecule has 0 unspecified atom stereocenters. The second-order valence-corrected chi connectivity index (χ2v) is 8.02. The van der Waals surface area contributed by atoms with Crippen LogP contribution in [-0.4, -0.2) is 68.4 Å². The van der Waals surface area contributed by atoms with Crippen molar-refractivity contribution >= 4 is 52.4 Å². The Morgan fingerprint density at radius 2 is 1.96 bits per heavy atom. The number of piperazine rings is 1. The van der Waals surface area contributed by atoms with Gasteiger partial charge in [-0.05, 0) is 45.2 Å². The average molecular weight is 509 g/mol. The minimum Gasteiger partial charge on any atom is -0.444 e. The van der Waals surface area contributed by atoms with E-state index in [1.165, 1.54) is 5.00 Å². The normalized spacial score (nSPS) is 15.2. The molecule has 0 aromatic carbocycles. The minimum absolute atomic E-state index is 0. The van der Waals surface area contributed by atoms with Gasteiger partial charge in [-0.3, -0.25) is 4.99 Å². The zero-order valence-corrected chi connectivity index (χ0v) is 19.8. The van der Waals surface area contributed by atoms with E-state index in [2.05, 4.69) is 49.9 Å². The largest absolute Gasteiger partial charge is 0.444 e. The molecule has 1 saturated heterocycles. The maximum absolute atomic E-state index is 11.7. The van der Waals surface area contributed by atoms with Gasteiger partial charge in [-0.2, -0.15) is 0 Å². The highest BCUT2D eigenvalue weighted by molar-refractivity contribution is 14.0. The van der Waals surface area contributed by atoms with Gasteiger partial charge >= 0.3 is 6.09 Å². The van der Waals surface area contributed by atoms with Crippen LogP contribution in [0.2, 0.25) is 0 Å². The van der Waals surface area contributed by atoms with Gasteiger partial charge in [-0.25, -0.2) is 4.79 Å². The number of ether oxygens (including phenoxy) is 1. The third-order valence-corrected chi connectivity index (χ3v) is 4.70. The van der Waals surface area contributed by atoms with E-state index in [4.69, 9.17) is 4.74 Å². The molecule has 1 aromatic heterocycles. The van der Waals surface area contributed by atoms with Gasteiger partial charge in [0.1, 0.15) is 5.60 Å². The number of halogens is 1. The predicted octanol–water partition coefficient (Wildman–Crippen LogP) is 2.98. The highest BCUT2D eigenvalue weighted by Crippen LogP contribution is 2.22. The molecule has 154 valence electrons. The smallest absolute Gasteiger partial charge is 0.407 e. The Balaban J connectivity index is 0.00000364. The van der Waals surface area contributed by atoms with Crippen LogP contribution in [0.15, 0.2) is 22.5 Å². The molecule has 1 aliphatic heterocycles. The molecular weight excluding hydrogens is 477 g/mol. The van der Waals surface area contributed by atoms with E-state index in [1.807, 2.05) is 20.8 Å². The summed E-state index contributed by atoms with van der Waals surface area (Å²) in [6.45, 7) is 13.3. The number of carbonyl (C=O) groups excluding carboxylic acids is 1. The highest BCUT2D eigenvalue weighted by atomic mass is 127. The first kappa shape index (κ1) is 23.8. The highest BCUT2D eigenvalue weighted by Gasteiger charge is 2.20. The van der Waals surface area contributed by atoms with Gasteiger partial charge in [0, 0.05) is 39.3 Å². The monoisotopic (exact) mass is 509 g/mol. The van der Waals surface area contributed by atoms with Crippen LogP contribution in [-0.2, 0) is 4.74 Å². The van der Waals surface area contributed by atoms with Crippen LogP contribution < -0.4 is 15.5 Å². The van der Waals surface area contributed by atoms with E-state index in [0.717, 1.165) is 38.7 Å². The second kappa shape index (κ2) is 11.6. The Kier molecular flexibility index (Phi) is 10.2. The number of alkyl carbamates (subject to hydrolysis) is 1. The van der Waals surface area contributed by atoms with Crippen molar-refractivity contribution in [3.05, 3.63) is 17.5 Å². The first-order valence-electron chi connectivity index (χ1n) is 9.17. The molecule has 1 aliphatic rings. The summed E-state index contributed by atoms with van der Waals surface area (Å²) >= 11 is 1.78. The van der Waals surface area contributed by atoms with E-state index in [0.29, 0.717) is 13.1 Å². The number of hydrogen-bond donors (Lipinski definition) is 2. The number of nitrogens with zero attached hydrogens (tertiary/aromatic N) is 3. The molecule has 2 heterocycles. The van der Waals surface area contributed by atoms with E-state index in [9.17, 15) is 4.79 Å². The van der Waals surface area contributed by atoms with Crippen molar-refractivity contribution in [3.63, 3.8) is 0 Å². The summed E-state index contributed by atoms with van der Waals surface area (Å²) in [4.78, 5) is 21.0. The maximum Gasteiger partial charge on any atom is 0.407 e. The van der Waals surface area contributed by atoms with Crippen molar-refractivity contribution in [1.82, 2.24) is 15.5 Å². The van der Waals surface area contributed by atoms with Gasteiger partial charge in [-0.1, -0.05) is 0 Å². The van der Waals surface area contributed by atoms with Crippen molar-refractivity contribution in [2.24, 2.45) is 4.99 Å². The van der Waals surface area contributed by atoms with Gasteiger partial charge in [0.2, 0.25) is 0 Å². The third kappa shape index (κ3) is 8.54. The molecular formula is C18H32IN5O2S. The lowest BCUT2D eigenvalue weighted by Gasteiger charge is -2.37. The Bertz CT molecular complexity index is 581. The molecule has 0 aliphatic carbocycles. The molecule has 1 fully saturated rings. The van der Waals surface area contributed by atoms with Gasteiger partial charge in [0.05, 0.1) is 11.5 Å². The fraction of sp³-hybridized carbons (Fsp3) is 0.667. The summed E-state index contributed by atoms with van der Waals surface area (Å²) in [5.74, 6) is 0.907. The SMILES string of the molecule is CCNC(=NCCNC(=O)OC(C)(C)C)N1CCN(c2cccs2)CC1.I. The first-order valence-corrected chi connectivity index (χ1v) is 10.1. The van der Waals surface area contributed by atoms with Crippen LogP contribution in [0.3, 0.4) is 0 Å². The Morgan fingerprint density at radius 3 is 2.52 bits per heavy atom. The molecule has 27 heavy (non-hydrogen) atoms. The van der Waals surface area contributed by atoms with E-state index < -0.39 is 11.7 Å². The molecule has 1 aromatic rings. The Hall–Kier alpha value is -1.23. The van der Waals surface area contributed by atoms with Gasteiger partial charge in [-0.15, -0.1) is 35.3 Å². The minimum atomic E-state index is -0.482. The number of thiophene rings is 1. The number of hydrogen-bond acceptors (Lipinski definition) is 5. The van der Waals surface area contributed by atoms with Crippen molar-refractivity contribution in [2.75, 3.05) is 50.7 Å². The number of guanidine groups is 1. The van der Waals surface area contributed by atoms with Crippen molar-refractivity contribution in [2.45, 2.75) is 33.3 Å². The zero-order chi connectivity index (χ0) is 19.0. The van der Waals surface area contributed by atoms with Crippen LogP contribution >= 0.6 is 35.3 Å². The van der Waals surface area contributed by atoms with Crippen LogP contribution in [0.25, 0.3) is 0 Å². The molecule has 9 heteroatoms. The van der Waals surface area contributed by atoms with Crippen molar-refractivity contribution in [3.8, 4) is 0 Å². The van der Waals surface area contributed by atoms with Crippen LogP contribution in [0, 0.1) is 0 Å². The lowest BCUT2D eigenvalue weighted by molar-refractivity contribution is 0.0529. The number of carbonyl (C=O) groups is 1. The van der Waals surface area contributed by atoms with Crippen molar-refractivity contribution in [1.29, 1.82) is 0 Å². The number of rotatable bonds is 5. The van der Waals surface area contributed by atoms with Crippen LogP contribution in [0.4, 0.5) is 9.80 Å². The third-order valence-electron chi connectivity index (χ3n) is 3.77. The molecule has 0 radical (unpaired) electrons. The summed E-state index contributed by atoms with van der Waals surface area (Å²) in [6.07, 6.45) is -0.401. The fourth-order valence-corrected chi connectivity index (χ4v) is 3.43. The predicted molar refractivity (Wildman–Crippen MR) is 124 cm³/mol. The first-order chi connectivity index (χ1) is 12.4. The lowest BCUT2D eigenvalue weighted by atomic mass is 10.2. The van der Waals surface area contributed by atoms with Gasteiger partial charge in [0.25, 0.3) is 0 Å². The molecule has 0 atom stereocenters. The van der Waals surface area contributed by atoms with E-state index in [-0.39, 0.29) is 24.0 Å². The number of nitrogens with one attached hydrogen (secondary N) is 2. The maximum atomic E-state index is 11.7. The number of amides is 1. The lowest BCUT2D eigenvalue weighted by Crippen LogP contribution is -2.52. The summed E-state index contributed by atoms with van der Waals surface area (Å²) in [6, 6.07) is 4.26. The van der Waals surface area contributed by atoms with Gasteiger partial charge in [0.15, 0.2) is 5.96 Å². The van der Waals surface area contributed by atoms with Crippen LogP contribution in [0.1, 0.15) is 27.7 Å². The average Bonchev–Trinajstić information content (AvgIpc) is 3.11. The van der Waals surface area contributed by atoms with E-state index >= 15 is 0 Å². The number of aliphatic imine (C=N–C) groups is 1. The second-order valence-electron chi connectivity index (χ2n) is 7.09. The fourth-order valence-electron chi connectivity index (χ4n) is 2.65. The quantitative estimate of drug-likeness (QED) is 0.277. The van der Waals surface area contributed by atoms with Crippen molar-refractivity contribution < 1.29 is 9.53 Å². The molecule has 0 spiro atoms. The van der Waals surface area contributed by atoms with E-state index in [1.54, 1.807) is 11.3 Å². The summed E-state index contributed by atoms with van der Waals surface area (Å²) in [5.41, 5.74) is -0.482. The summed E-state index contributed by atoms with van der Waals surface area (Å²) in [5, 5.41) is 9.53.